The number of hydrogen-bond donors (Lipinski definition) is 4. The van der Waals surface area contributed by atoms with Crippen LogP contribution in [-0.2, 0) is 0 Å². The predicted octanol–water partition coefficient (Wildman–Crippen LogP) is 2.72. The predicted molar refractivity (Wildman–Crippen MR) is 98.2 cm³/mol. The second-order valence-corrected chi connectivity index (χ2v) is 6.13. The van der Waals surface area contributed by atoms with Crippen LogP contribution >= 0.6 is 0 Å². The number of alkyl halides is 2. The number of nitrogens with one attached hydrogen (secondary N) is 1. The van der Waals surface area contributed by atoms with Gasteiger partial charge in [-0.1, -0.05) is 13.8 Å². The van der Waals surface area contributed by atoms with Crippen molar-refractivity contribution in [2.24, 2.45) is 29.0 Å². The highest BCUT2D eigenvalue weighted by Crippen LogP contribution is 2.33. The molecule has 7 heteroatoms. The smallest absolute Gasteiger partial charge is 0.281 e. The van der Waals surface area contributed by atoms with E-state index >= 15 is 0 Å². The fraction of sp³-hybridized carbons (Fsp3) is 0.500. The van der Waals surface area contributed by atoms with Crippen LogP contribution in [0.5, 0.6) is 0 Å². The van der Waals surface area contributed by atoms with Crippen molar-refractivity contribution in [3.63, 3.8) is 0 Å². The van der Waals surface area contributed by atoms with Crippen LogP contribution in [0.3, 0.4) is 0 Å². The average molecular weight is 353 g/mol. The number of allylic oxidation sites excluding steroid dienone is 2. The number of pyridine rings is 1. The summed E-state index contributed by atoms with van der Waals surface area (Å²) < 4.78 is 25.2. The number of fused-ring (bicyclic) bond motifs is 1. The van der Waals surface area contributed by atoms with Crippen LogP contribution in [-0.4, -0.2) is 18.1 Å². The van der Waals surface area contributed by atoms with Crippen LogP contribution < -0.4 is 22.5 Å². The maximum absolute atomic E-state index is 12.6. The number of rotatable bonds is 3. The molecular formula is C18H29F2N5. The summed E-state index contributed by atoms with van der Waals surface area (Å²) in [4.78, 5) is 3.57. The molecule has 7 N–H and O–H groups in total. The van der Waals surface area contributed by atoms with E-state index in [0.29, 0.717) is 0 Å². The van der Waals surface area contributed by atoms with Crippen molar-refractivity contribution in [3.8, 4) is 0 Å². The van der Waals surface area contributed by atoms with E-state index in [9.17, 15) is 8.78 Å². The highest BCUT2D eigenvalue weighted by molar-refractivity contribution is 5.66. The number of aromatic nitrogens is 1. The van der Waals surface area contributed by atoms with Crippen molar-refractivity contribution >= 4 is 5.70 Å². The largest absolute Gasteiger partial charge is 0.398 e. The van der Waals surface area contributed by atoms with Gasteiger partial charge >= 0.3 is 0 Å². The number of halogens is 2. The van der Waals surface area contributed by atoms with Crippen LogP contribution in [0.25, 0.3) is 5.70 Å². The Labute approximate surface area is 148 Å². The molecule has 1 aliphatic carbocycles. The lowest BCUT2D eigenvalue weighted by molar-refractivity contribution is 0.145. The summed E-state index contributed by atoms with van der Waals surface area (Å²) in [5.74, 6) is 2.18. The molecule has 3 rings (SSSR count). The molecular weight excluding hydrogens is 324 g/mol. The molecule has 5 nitrogen and oxygen atoms in total. The molecule has 0 radical (unpaired) electrons. The van der Waals surface area contributed by atoms with Crippen molar-refractivity contribution in [2.45, 2.75) is 33.1 Å². The minimum absolute atomic E-state index is 0. The Hall–Kier alpha value is -2.15. The molecule has 2 atom stereocenters. The highest BCUT2D eigenvalue weighted by atomic mass is 19.3. The van der Waals surface area contributed by atoms with Crippen LogP contribution in [0.2, 0.25) is 0 Å². The Morgan fingerprint density at radius 1 is 1.16 bits per heavy atom. The zero-order valence-electron chi connectivity index (χ0n) is 13.6. The fourth-order valence-electron chi connectivity index (χ4n) is 3.22. The minimum atomic E-state index is -2.68. The molecule has 1 aromatic rings. The van der Waals surface area contributed by atoms with E-state index in [4.69, 9.17) is 17.2 Å². The van der Waals surface area contributed by atoms with Crippen LogP contribution in [0.15, 0.2) is 36.3 Å². The lowest BCUT2D eigenvalue weighted by Gasteiger charge is -2.06. The Morgan fingerprint density at radius 3 is 2.36 bits per heavy atom. The molecule has 1 saturated heterocycles. The van der Waals surface area contributed by atoms with Gasteiger partial charge in [0, 0.05) is 17.5 Å². The molecule has 140 valence electrons. The molecule has 25 heavy (non-hydrogen) atoms. The second kappa shape index (κ2) is 9.98. The van der Waals surface area contributed by atoms with Crippen molar-refractivity contribution in [1.82, 2.24) is 10.3 Å². The van der Waals surface area contributed by atoms with Crippen LogP contribution in [0.4, 0.5) is 8.78 Å². The molecule has 0 aromatic carbocycles. The quantitative estimate of drug-likeness (QED) is 0.626. The van der Waals surface area contributed by atoms with Crippen molar-refractivity contribution in [2.75, 3.05) is 13.1 Å². The van der Waals surface area contributed by atoms with E-state index in [1.54, 1.807) is 0 Å². The second-order valence-electron chi connectivity index (χ2n) is 6.13. The number of nitrogens with zero attached hydrogens (tertiary/aromatic N) is 1. The average Bonchev–Trinajstić information content (AvgIpc) is 3.17. The van der Waals surface area contributed by atoms with E-state index < -0.39 is 6.43 Å². The summed E-state index contributed by atoms with van der Waals surface area (Å²) >= 11 is 0. The molecule has 1 saturated carbocycles. The van der Waals surface area contributed by atoms with Crippen LogP contribution in [0.1, 0.15) is 44.4 Å². The van der Waals surface area contributed by atoms with Gasteiger partial charge in [0.25, 0.3) is 6.43 Å². The van der Waals surface area contributed by atoms with Gasteiger partial charge in [0.2, 0.25) is 0 Å². The zero-order valence-corrected chi connectivity index (χ0v) is 13.6. The SMILES string of the molecule is C.C1CC2CNCC2C1.NC(N)=C/C=C(\N)c1cccnc1C(F)F. The van der Waals surface area contributed by atoms with Crippen LogP contribution in [0, 0.1) is 11.8 Å². The summed E-state index contributed by atoms with van der Waals surface area (Å²) in [5, 5.41) is 3.42. The fourth-order valence-corrected chi connectivity index (χ4v) is 3.22. The first-order valence-corrected chi connectivity index (χ1v) is 8.11. The van der Waals surface area contributed by atoms with Gasteiger partial charge in [0.05, 0.1) is 5.82 Å². The molecule has 0 amide bonds. The van der Waals surface area contributed by atoms with Gasteiger partial charge in [0.1, 0.15) is 5.69 Å². The maximum atomic E-state index is 12.6. The Bertz CT molecular complexity index is 577. The zero-order chi connectivity index (χ0) is 17.5. The van der Waals surface area contributed by atoms with Gasteiger partial charge in [-0.25, -0.2) is 8.78 Å². The lowest BCUT2D eigenvalue weighted by Crippen LogP contribution is -2.08. The van der Waals surface area contributed by atoms with Crippen molar-refractivity contribution in [3.05, 3.63) is 47.6 Å². The van der Waals surface area contributed by atoms with E-state index in [2.05, 4.69) is 10.3 Å². The first kappa shape index (κ1) is 20.9. The van der Waals surface area contributed by atoms with Gasteiger partial charge in [0.15, 0.2) is 0 Å². The summed E-state index contributed by atoms with van der Waals surface area (Å²) in [6, 6.07) is 2.98. The van der Waals surface area contributed by atoms with E-state index in [1.165, 1.54) is 62.8 Å². The maximum Gasteiger partial charge on any atom is 0.281 e. The summed E-state index contributed by atoms with van der Waals surface area (Å²) in [6.45, 7) is 2.62. The van der Waals surface area contributed by atoms with Gasteiger partial charge in [-0.15, -0.1) is 0 Å². The van der Waals surface area contributed by atoms with Crippen molar-refractivity contribution < 1.29 is 8.78 Å². The highest BCUT2D eigenvalue weighted by Gasteiger charge is 2.30. The Balaban J connectivity index is 0.000000288. The Morgan fingerprint density at radius 2 is 1.80 bits per heavy atom. The van der Waals surface area contributed by atoms with Crippen molar-refractivity contribution in [1.29, 1.82) is 0 Å². The molecule has 1 aliphatic heterocycles. The molecule has 2 aliphatic rings. The first-order chi connectivity index (χ1) is 11.5. The summed E-state index contributed by atoms with van der Waals surface area (Å²) in [5.41, 5.74) is 15.9. The molecule has 2 unspecified atom stereocenters. The van der Waals surface area contributed by atoms with Gasteiger partial charge in [-0.3, -0.25) is 4.98 Å². The van der Waals surface area contributed by atoms with Gasteiger partial charge < -0.3 is 22.5 Å². The lowest BCUT2D eigenvalue weighted by atomic mass is 10.0. The molecule has 0 bridgehead atoms. The van der Waals surface area contributed by atoms with Gasteiger partial charge in [-0.2, -0.15) is 0 Å². The standard InChI is InChI=1S/C10H12F2N4.C7H13N.CH4/c11-10(12)9-6(2-1-5-16-9)7(13)3-4-8(14)15;1-2-6-4-8-5-7(6)3-1;/h1-5,10H,13-15H2;6-8H,1-5H2;1H4/b7-3-;;. The van der Waals surface area contributed by atoms with E-state index in [-0.39, 0.29) is 30.2 Å². The Kier molecular flexibility index (Phi) is 8.34. The normalized spacial score (nSPS) is 21.8. The molecule has 2 heterocycles. The summed E-state index contributed by atoms with van der Waals surface area (Å²) in [7, 11) is 0. The monoisotopic (exact) mass is 353 g/mol. The molecule has 2 fully saturated rings. The first-order valence-electron chi connectivity index (χ1n) is 8.11. The molecule has 1 aromatic heterocycles. The third kappa shape index (κ3) is 6.01. The summed E-state index contributed by atoms with van der Waals surface area (Å²) in [6.07, 6.45) is 5.79. The third-order valence-electron chi connectivity index (χ3n) is 4.44. The third-order valence-corrected chi connectivity index (χ3v) is 4.44. The number of nitrogens with two attached hydrogens (primary N) is 3. The van der Waals surface area contributed by atoms with Gasteiger partial charge in [-0.05, 0) is 62.1 Å². The van der Waals surface area contributed by atoms with E-state index in [0.717, 1.165) is 11.8 Å². The molecule has 0 spiro atoms. The van der Waals surface area contributed by atoms with E-state index in [1.807, 2.05) is 0 Å². The minimum Gasteiger partial charge on any atom is -0.398 e. The topological polar surface area (TPSA) is 103 Å². The number of hydrogen-bond acceptors (Lipinski definition) is 5.